The lowest BCUT2D eigenvalue weighted by atomic mass is 10.1. The second kappa shape index (κ2) is 8.98. The molecule has 0 bridgehead atoms. The van der Waals surface area contributed by atoms with Crippen LogP contribution in [0.25, 0.3) is 0 Å². The molecule has 1 aromatic carbocycles. The first-order valence-electron chi connectivity index (χ1n) is 7.25. The molecule has 0 atom stereocenters. The summed E-state index contributed by atoms with van der Waals surface area (Å²) >= 11 is 0. The van der Waals surface area contributed by atoms with Crippen LogP contribution < -0.4 is 10.1 Å². The number of hydrogen-bond donors (Lipinski definition) is 1. The number of hydrogen-bond acceptors (Lipinski definition) is 2. The van der Waals surface area contributed by atoms with E-state index in [9.17, 15) is 0 Å². The van der Waals surface area contributed by atoms with Crippen molar-refractivity contribution < 1.29 is 4.74 Å². The van der Waals surface area contributed by atoms with E-state index in [0.29, 0.717) is 6.04 Å². The Labute approximate surface area is 112 Å². The lowest BCUT2D eigenvalue weighted by Crippen LogP contribution is -2.28. The van der Waals surface area contributed by atoms with Crippen LogP contribution in [0, 0.1) is 0 Å². The monoisotopic (exact) mass is 249 g/mol. The predicted molar refractivity (Wildman–Crippen MR) is 78.1 cm³/mol. The Morgan fingerprint density at radius 3 is 2.44 bits per heavy atom. The highest BCUT2D eigenvalue weighted by Gasteiger charge is 2.05. The highest BCUT2D eigenvalue weighted by Crippen LogP contribution is 2.14. The van der Waals surface area contributed by atoms with E-state index in [-0.39, 0.29) is 0 Å². The summed E-state index contributed by atoms with van der Waals surface area (Å²) in [5.41, 5.74) is 1.30. The Morgan fingerprint density at radius 1 is 1.11 bits per heavy atom. The summed E-state index contributed by atoms with van der Waals surface area (Å²) < 4.78 is 5.52. The zero-order valence-electron chi connectivity index (χ0n) is 12.0. The molecular formula is C16H27NO. The van der Waals surface area contributed by atoms with Gasteiger partial charge in [0.15, 0.2) is 0 Å². The Kier molecular flexibility index (Phi) is 7.51. The van der Waals surface area contributed by atoms with Gasteiger partial charge in [-0.05, 0) is 37.5 Å². The number of benzene rings is 1. The minimum atomic E-state index is 0.649. The number of ether oxygens (including phenoxy) is 1. The first-order valence-corrected chi connectivity index (χ1v) is 7.25. The van der Waals surface area contributed by atoms with Crippen molar-refractivity contribution in [3.8, 4) is 5.75 Å². The fourth-order valence-corrected chi connectivity index (χ4v) is 2.22. The third-order valence-electron chi connectivity index (χ3n) is 3.08. The van der Waals surface area contributed by atoms with Crippen molar-refractivity contribution in [1.29, 1.82) is 0 Å². The molecule has 1 aromatic rings. The Balaban J connectivity index is 2.47. The molecule has 0 radical (unpaired) electrons. The largest absolute Gasteiger partial charge is 0.494 e. The Morgan fingerprint density at radius 2 is 1.83 bits per heavy atom. The molecule has 0 saturated carbocycles. The van der Waals surface area contributed by atoms with E-state index in [1.165, 1.54) is 31.2 Å². The fraction of sp³-hybridized carbons (Fsp3) is 0.625. The summed E-state index contributed by atoms with van der Waals surface area (Å²) in [5, 5.41) is 3.65. The van der Waals surface area contributed by atoms with Crippen LogP contribution in [0.1, 0.15) is 52.0 Å². The lowest BCUT2D eigenvalue weighted by Gasteiger charge is -2.17. The minimum absolute atomic E-state index is 0.649. The van der Waals surface area contributed by atoms with Crippen LogP contribution in [0.4, 0.5) is 0 Å². The van der Waals surface area contributed by atoms with E-state index in [1.807, 2.05) is 13.0 Å². The van der Waals surface area contributed by atoms with E-state index < -0.39 is 0 Å². The minimum Gasteiger partial charge on any atom is -0.494 e. The molecule has 102 valence electrons. The van der Waals surface area contributed by atoms with E-state index in [1.54, 1.807) is 0 Å². The zero-order chi connectivity index (χ0) is 13.2. The van der Waals surface area contributed by atoms with Gasteiger partial charge in [0.05, 0.1) is 6.61 Å². The molecule has 0 saturated heterocycles. The molecule has 0 unspecified atom stereocenters. The number of rotatable bonds is 9. The molecule has 0 amide bonds. The molecule has 2 heteroatoms. The van der Waals surface area contributed by atoms with Crippen molar-refractivity contribution in [2.75, 3.05) is 6.61 Å². The second-order valence-electron chi connectivity index (χ2n) is 4.74. The third kappa shape index (κ3) is 5.54. The molecule has 2 nitrogen and oxygen atoms in total. The van der Waals surface area contributed by atoms with Crippen LogP contribution in [0.2, 0.25) is 0 Å². The maximum Gasteiger partial charge on any atom is 0.119 e. The van der Waals surface area contributed by atoms with Crippen molar-refractivity contribution in [3.63, 3.8) is 0 Å². The van der Waals surface area contributed by atoms with Gasteiger partial charge in [-0.1, -0.05) is 38.8 Å². The van der Waals surface area contributed by atoms with Crippen LogP contribution in [-0.2, 0) is 6.54 Å². The van der Waals surface area contributed by atoms with Gasteiger partial charge in [-0.25, -0.2) is 0 Å². The fourth-order valence-electron chi connectivity index (χ4n) is 2.22. The maximum atomic E-state index is 5.52. The molecule has 0 heterocycles. The van der Waals surface area contributed by atoms with E-state index >= 15 is 0 Å². The van der Waals surface area contributed by atoms with E-state index in [2.05, 4.69) is 37.4 Å². The quantitative estimate of drug-likeness (QED) is 0.710. The maximum absolute atomic E-state index is 5.52. The van der Waals surface area contributed by atoms with Gasteiger partial charge in [-0.3, -0.25) is 0 Å². The molecule has 0 aromatic heterocycles. The first-order chi connectivity index (χ1) is 8.80. The topological polar surface area (TPSA) is 21.3 Å². The van der Waals surface area contributed by atoms with Crippen molar-refractivity contribution >= 4 is 0 Å². The van der Waals surface area contributed by atoms with Gasteiger partial charge in [-0.15, -0.1) is 0 Å². The first kappa shape index (κ1) is 15.0. The molecule has 0 aliphatic rings. The molecule has 1 rings (SSSR count). The zero-order valence-corrected chi connectivity index (χ0v) is 12.0. The van der Waals surface area contributed by atoms with Gasteiger partial charge in [0, 0.05) is 12.6 Å². The molecule has 0 spiro atoms. The standard InChI is InChI=1S/C16H27NO/c1-4-8-15(9-5-2)17-13-14-10-7-11-16(12-14)18-6-3/h7,10-12,15,17H,4-6,8-9,13H2,1-3H3. The Hall–Kier alpha value is -1.02. The van der Waals surface area contributed by atoms with E-state index in [0.717, 1.165) is 18.9 Å². The average Bonchev–Trinajstić information content (AvgIpc) is 2.37. The highest BCUT2D eigenvalue weighted by molar-refractivity contribution is 5.28. The lowest BCUT2D eigenvalue weighted by molar-refractivity contribution is 0.339. The molecule has 0 aliphatic heterocycles. The van der Waals surface area contributed by atoms with Gasteiger partial charge in [0.25, 0.3) is 0 Å². The molecule has 18 heavy (non-hydrogen) atoms. The summed E-state index contributed by atoms with van der Waals surface area (Å²) in [7, 11) is 0. The summed E-state index contributed by atoms with van der Waals surface area (Å²) in [6.45, 7) is 8.18. The van der Waals surface area contributed by atoms with Gasteiger partial charge >= 0.3 is 0 Å². The normalized spacial score (nSPS) is 10.9. The van der Waals surface area contributed by atoms with Crippen LogP contribution >= 0.6 is 0 Å². The molecule has 0 aliphatic carbocycles. The van der Waals surface area contributed by atoms with Gasteiger partial charge in [0.2, 0.25) is 0 Å². The number of nitrogens with one attached hydrogen (secondary N) is 1. The van der Waals surface area contributed by atoms with Gasteiger partial charge < -0.3 is 10.1 Å². The van der Waals surface area contributed by atoms with Gasteiger partial charge in [-0.2, -0.15) is 0 Å². The van der Waals surface area contributed by atoms with Crippen LogP contribution in [0.3, 0.4) is 0 Å². The molecular weight excluding hydrogens is 222 g/mol. The molecule has 0 fully saturated rings. The predicted octanol–water partition coefficient (Wildman–Crippen LogP) is 4.14. The van der Waals surface area contributed by atoms with Crippen LogP contribution in [0.5, 0.6) is 5.75 Å². The molecule has 1 N–H and O–H groups in total. The summed E-state index contributed by atoms with van der Waals surface area (Å²) in [6, 6.07) is 9.02. The smallest absolute Gasteiger partial charge is 0.119 e. The van der Waals surface area contributed by atoms with E-state index in [4.69, 9.17) is 4.74 Å². The SMILES string of the molecule is CCCC(CCC)NCc1cccc(OCC)c1. The van der Waals surface area contributed by atoms with Crippen molar-refractivity contribution in [3.05, 3.63) is 29.8 Å². The average molecular weight is 249 g/mol. The third-order valence-corrected chi connectivity index (χ3v) is 3.08. The van der Waals surface area contributed by atoms with Crippen LogP contribution in [-0.4, -0.2) is 12.6 Å². The summed E-state index contributed by atoms with van der Waals surface area (Å²) in [4.78, 5) is 0. The Bertz CT molecular complexity index is 319. The van der Waals surface area contributed by atoms with Gasteiger partial charge in [0.1, 0.15) is 5.75 Å². The van der Waals surface area contributed by atoms with Crippen molar-refractivity contribution in [2.45, 2.75) is 59.0 Å². The van der Waals surface area contributed by atoms with Crippen LogP contribution in [0.15, 0.2) is 24.3 Å². The second-order valence-corrected chi connectivity index (χ2v) is 4.74. The van der Waals surface area contributed by atoms with Crippen molar-refractivity contribution in [2.24, 2.45) is 0 Å². The van der Waals surface area contributed by atoms with Crippen molar-refractivity contribution in [1.82, 2.24) is 5.32 Å². The summed E-state index contributed by atoms with van der Waals surface area (Å²) in [6.07, 6.45) is 5.02. The highest BCUT2D eigenvalue weighted by atomic mass is 16.5. The summed E-state index contributed by atoms with van der Waals surface area (Å²) in [5.74, 6) is 0.972.